The van der Waals surface area contributed by atoms with Crippen molar-refractivity contribution in [1.82, 2.24) is 0 Å². The summed E-state index contributed by atoms with van der Waals surface area (Å²) in [6, 6.07) is 16.2. The number of carbonyl (C=O) groups is 3. The molecule has 0 aromatic heterocycles. The minimum Gasteiger partial charge on any atom is -0.457 e. The van der Waals surface area contributed by atoms with Crippen LogP contribution in [-0.2, 0) is 14.3 Å². The second-order valence-electron chi connectivity index (χ2n) is 8.85. The quantitative estimate of drug-likeness (QED) is 0.0885. The fourth-order valence-corrected chi connectivity index (χ4v) is 3.86. The Bertz CT molecular complexity index is 1630. The number of non-ortho nitro benzene ring substituents is 1. The van der Waals surface area contributed by atoms with Crippen molar-refractivity contribution in [3.8, 4) is 6.07 Å². The first kappa shape index (κ1) is 31.5. The SMILES string of the molecule is CCN(CCC(=O)OCC(=O)c1ccccc1)c1ccc(/N=N/c2c(C#N)cc([N+](=O)[O-])cc2[N+](=O)[O-])c(NC(C)=O)c1. The number of ether oxygens (including phenoxy) is 1. The molecule has 0 spiro atoms. The van der Waals surface area contributed by atoms with Crippen LogP contribution in [0.3, 0.4) is 0 Å². The molecule has 0 heterocycles. The highest BCUT2D eigenvalue weighted by atomic mass is 16.6. The van der Waals surface area contributed by atoms with E-state index in [1.165, 1.54) is 13.0 Å². The van der Waals surface area contributed by atoms with Gasteiger partial charge in [-0.1, -0.05) is 30.3 Å². The maximum absolute atomic E-state index is 12.3. The first-order chi connectivity index (χ1) is 20.5. The number of amides is 1. The lowest BCUT2D eigenvalue weighted by atomic mass is 10.1. The summed E-state index contributed by atoms with van der Waals surface area (Å²) in [5, 5.41) is 42.5. The van der Waals surface area contributed by atoms with Crippen molar-refractivity contribution in [3.05, 3.63) is 92.0 Å². The van der Waals surface area contributed by atoms with Crippen molar-refractivity contribution in [2.75, 3.05) is 29.9 Å². The van der Waals surface area contributed by atoms with Gasteiger partial charge in [-0.2, -0.15) is 5.26 Å². The summed E-state index contributed by atoms with van der Waals surface area (Å²) in [4.78, 5) is 59.1. The standard InChI is InChI=1S/C28H25N7O8/c1-3-33(12-11-27(38)43-17-26(37)19-7-5-4-6-8-19)21-9-10-23(24(14-21)30-18(2)36)31-32-28-20(16-29)13-22(34(39)40)15-25(28)35(41)42/h4-10,13-15H,3,11-12,17H2,1-2H3,(H,30,36)/b32-31+. The van der Waals surface area contributed by atoms with Crippen LogP contribution in [0.5, 0.6) is 0 Å². The molecule has 0 unspecified atom stereocenters. The predicted octanol–water partition coefficient (Wildman–Crippen LogP) is 5.39. The molecule has 0 saturated heterocycles. The number of benzene rings is 3. The molecule has 0 aliphatic heterocycles. The number of nitro groups is 2. The van der Waals surface area contributed by atoms with Gasteiger partial charge in [-0.25, -0.2) is 0 Å². The molecular formula is C28H25N7O8. The van der Waals surface area contributed by atoms with E-state index in [9.17, 15) is 39.9 Å². The second kappa shape index (κ2) is 14.6. The van der Waals surface area contributed by atoms with Crippen molar-refractivity contribution >= 4 is 51.8 Å². The van der Waals surface area contributed by atoms with Crippen molar-refractivity contribution in [2.45, 2.75) is 20.3 Å². The highest BCUT2D eigenvalue weighted by molar-refractivity contribution is 5.98. The zero-order chi connectivity index (χ0) is 31.5. The Morgan fingerprint density at radius 2 is 1.74 bits per heavy atom. The summed E-state index contributed by atoms with van der Waals surface area (Å²) in [5.41, 5.74) is -1.11. The highest BCUT2D eigenvalue weighted by Gasteiger charge is 2.25. The van der Waals surface area contributed by atoms with Crippen LogP contribution in [0.2, 0.25) is 0 Å². The van der Waals surface area contributed by atoms with Crippen LogP contribution in [0.15, 0.2) is 70.9 Å². The molecule has 220 valence electrons. The lowest BCUT2D eigenvalue weighted by molar-refractivity contribution is -0.393. The fraction of sp³-hybridized carbons (Fsp3) is 0.214. The van der Waals surface area contributed by atoms with E-state index in [0.717, 1.165) is 6.07 Å². The van der Waals surface area contributed by atoms with Crippen LogP contribution in [0.25, 0.3) is 0 Å². The van der Waals surface area contributed by atoms with E-state index in [2.05, 4.69) is 15.5 Å². The Morgan fingerprint density at radius 3 is 2.35 bits per heavy atom. The Hall–Kier alpha value is -6.04. The highest BCUT2D eigenvalue weighted by Crippen LogP contribution is 2.38. The van der Waals surface area contributed by atoms with Crippen LogP contribution in [-0.4, -0.2) is 47.2 Å². The molecule has 3 aromatic rings. The van der Waals surface area contributed by atoms with Gasteiger partial charge < -0.3 is 15.0 Å². The largest absolute Gasteiger partial charge is 0.457 e. The van der Waals surface area contributed by atoms with Gasteiger partial charge in [-0.15, -0.1) is 10.2 Å². The number of Topliss-reactive ketones (excluding diaryl/α,β-unsaturated/α-hetero) is 1. The fourth-order valence-electron chi connectivity index (χ4n) is 3.86. The summed E-state index contributed by atoms with van der Waals surface area (Å²) in [5.74, 6) is -1.36. The molecule has 43 heavy (non-hydrogen) atoms. The molecular weight excluding hydrogens is 562 g/mol. The molecule has 1 N–H and O–H groups in total. The van der Waals surface area contributed by atoms with Crippen LogP contribution in [0, 0.1) is 31.6 Å². The van der Waals surface area contributed by atoms with E-state index in [1.807, 2.05) is 11.8 Å². The Kier molecular flexibility index (Phi) is 10.7. The predicted molar refractivity (Wildman–Crippen MR) is 154 cm³/mol. The molecule has 0 saturated carbocycles. The number of azo groups is 1. The Balaban J connectivity index is 1.81. The number of nitro benzene ring substituents is 2. The number of nitriles is 1. The van der Waals surface area contributed by atoms with Gasteiger partial charge in [0, 0.05) is 37.3 Å². The molecule has 1 amide bonds. The summed E-state index contributed by atoms with van der Waals surface area (Å²) in [6.07, 6.45) is -0.0341. The van der Waals surface area contributed by atoms with Gasteiger partial charge >= 0.3 is 11.7 Å². The molecule has 15 heteroatoms. The van der Waals surface area contributed by atoms with Gasteiger partial charge in [0.15, 0.2) is 18.1 Å². The van der Waals surface area contributed by atoms with E-state index in [4.69, 9.17) is 4.74 Å². The summed E-state index contributed by atoms with van der Waals surface area (Å²) in [6.45, 7) is 3.38. The minimum absolute atomic E-state index is 0.0341. The van der Waals surface area contributed by atoms with Crippen LogP contribution >= 0.6 is 0 Å². The second-order valence-corrected chi connectivity index (χ2v) is 8.85. The van der Waals surface area contributed by atoms with Crippen LogP contribution < -0.4 is 10.2 Å². The van der Waals surface area contributed by atoms with E-state index in [-0.39, 0.29) is 36.7 Å². The maximum atomic E-state index is 12.3. The number of anilines is 2. The van der Waals surface area contributed by atoms with Crippen molar-refractivity contribution in [2.24, 2.45) is 10.2 Å². The van der Waals surface area contributed by atoms with E-state index < -0.39 is 44.3 Å². The third-order valence-electron chi connectivity index (χ3n) is 5.94. The number of carbonyl (C=O) groups excluding carboxylic acids is 3. The van der Waals surface area contributed by atoms with Gasteiger partial charge in [0.1, 0.15) is 11.8 Å². The molecule has 3 rings (SSSR count). The lowest BCUT2D eigenvalue weighted by Crippen LogP contribution is -2.27. The van der Waals surface area contributed by atoms with Gasteiger partial charge in [0.2, 0.25) is 5.91 Å². The van der Waals surface area contributed by atoms with E-state index in [1.54, 1.807) is 48.5 Å². The smallest absolute Gasteiger partial charge is 0.308 e. The molecule has 0 atom stereocenters. The number of rotatable bonds is 13. The van der Waals surface area contributed by atoms with Gasteiger partial charge in [-0.3, -0.25) is 34.6 Å². The average molecular weight is 588 g/mol. The number of hydrogen-bond acceptors (Lipinski definition) is 12. The number of hydrogen-bond donors (Lipinski definition) is 1. The van der Waals surface area contributed by atoms with E-state index >= 15 is 0 Å². The Labute approximate surface area is 244 Å². The molecule has 3 aromatic carbocycles. The summed E-state index contributed by atoms with van der Waals surface area (Å²) >= 11 is 0. The first-order valence-corrected chi connectivity index (χ1v) is 12.7. The monoisotopic (exact) mass is 587 g/mol. The lowest BCUT2D eigenvalue weighted by Gasteiger charge is -2.23. The van der Waals surface area contributed by atoms with Crippen LogP contribution in [0.1, 0.15) is 36.2 Å². The van der Waals surface area contributed by atoms with E-state index in [0.29, 0.717) is 23.9 Å². The molecule has 15 nitrogen and oxygen atoms in total. The average Bonchev–Trinajstić information content (AvgIpc) is 2.99. The number of esters is 1. The topological polar surface area (TPSA) is 210 Å². The zero-order valence-electron chi connectivity index (χ0n) is 23.1. The first-order valence-electron chi connectivity index (χ1n) is 12.7. The Morgan fingerprint density at radius 1 is 1.02 bits per heavy atom. The van der Waals surface area contributed by atoms with Crippen molar-refractivity contribution in [1.29, 1.82) is 5.26 Å². The molecule has 0 fully saturated rings. The molecule has 0 bridgehead atoms. The van der Waals surface area contributed by atoms with Gasteiger partial charge in [-0.05, 0) is 25.1 Å². The number of ketones is 1. The summed E-state index contributed by atoms with van der Waals surface area (Å²) in [7, 11) is 0. The molecule has 0 radical (unpaired) electrons. The molecule has 0 aliphatic rings. The van der Waals surface area contributed by atoms with Crippen LogP contribution in [0.4, 0.5) is 34.1 Å². The minimum atomic E-state index is -0.915. The van der Waals surface area contributed by atoms with Crippen molar-refractivity contribution in [3.63, 3.8) is 0 Å². The maximum Gasteiger partial charge on any atom is 0.308 e. The zero-order valence-corrected chi connectivity index (χ0v) is 23.1. The normalized spacial score (nSPS) is 10.5. The van der Waals surface area contributed by atoms with Gasteiger partial charge in [0.05, 0.1) is 33.6 Å². The third kappa shape index (κ3) is 8.47. The van der Waals surface area contributed by atoms with Gasteiger partial charge in [0.25, 0.3) is 5.69 Å². The van der Waals surface area contributed by atoms with Crippen molar-refractivity contribution < 1.29 is 29.0 Å². The number of nitrogens with one attached hydrogen (secondary N) is 1. The number of nitrogens with zero attached hydrogens (tertiary/aromatic N) is 6. The summed E-state index contributed by atoms with van der Waals surface area (Å²) < 4.78 is 5.12. The third-order valence-corrected chi connectivity index (χ3v) is 5.94. The molecule has 0 aliphatic carbocycles.